The number of likely N-dealkylation sites (N-methyl/N-ethyl adjacent to an activating group) is 2. The topological polar surface area (TPSA) is 199 Å². The fourth-order valence-corrected chi connectivity index (χ4v) is 4.80. The Hall–Kier alpha value is -3.02. The molecule has 1 fully saturated rings. The van der Waals surface area contributed by atoms with Gasteiger partial charge in [0.1, 0.15) is 6.04 Å². The van der Waals surface area contributed by atoms with Crippen molar-refractivity contribution >= 4 is 29.8 Å². The number of hydrogen-bond donors (Lipinski definition) is 4. The number of methoxy groups -OCH3 is 1. The average molecular weight is 704 g/mol. The van der Waals surface area contributed by atoms with Crippen LogP contribution < -0.4 is 16.0 Å². The van der Waals surface area contributed by atoms with Gasteiger partial charge >= 0.3 is 12.1 Å². The third kappa shape index (κ3) is 26.5. The number of carboxylic acid groups (broad SMARTS) is 1. The number of nitrogens with one attached hydrogen (secondary N) is 3. The SMILES string of the molecule is CCCOCCOCCCNC(=O)[C@@H](CCC(=O)NCCOC)NC(=O)CN1CCN(CC)CCN(C)CCN(CC(=O)O)CC1.O=C=O. The molecule has 0 bridgehead atoms. The minimum Gasteiger partial charge on any atom is -0.480 e. The first-order valence-electron chi connectivity index (χ1n) is 17.1. The standard InChI is InChI=1S/C31H61N7O8.CO2/c1-5-20-45-23-24-46-21-7-10-33-31(43)27(8-9-28(39)32-11-22-44-4)34-29(40)25-37-17-16-36(6-2)14-12-35(3)13-15-38(19-18-37)26-30(41)42;2-1-3/h27H,5-26H2,1-4H3,(H,32,39)(H,33,43)(H,34,40)(H,41,42);/t27-;/m1./s1. The predicted octanol–water partition coefficient (Wildman–Crippen LogP) is -1.66. The third-order valence-electron chi connectivity index (χ3n) is 7.66. The molecule has 0 unspecified atom stereocenters. The summed E-state index contributed by atoms with van der Waals surface area (Å²) in [6.07, 6.45) is 2.02. The highest BCUT2D eigenvalue weighted by atomic mass is 16.5. The van der Waals surface area contributed by atoms with Gasteiger partial charge in [0.2, 0.25) is 17.7 Å². The average Bonchev–Trinajstić information content (AvgIpc) is 3.06. The molecule has 1 rings (SSSR count). The lowest BCUT2D eigenvalue weighted by Crippen LogP contribution is -2.52. The van der Waals surface area contributed by atoms with Gasteiger partial charge in [-0.1, -0.05) is 13.8 Å². The number of nitrogens with zero attached hydrogens (tertiary/aromatic N) is 4. The van der Waals surface area contributed by atoms with E-state index in [2.05, 4.69) is 32.7 Å². The minimum atomic E-state index is -0.886. The van der Waals surface area contributed by atoms with Crippen LogP contribution in [0.5, 0.6) is 0 Å². The normalized spacial score (nSPS) is 16.2. The van der Waals surface area contributed by atoms with Crippen LogP contribution in [0.25, 0.3) is 0 Å². The van der Waals surface area contributed by atoms with Gasteiger partial charge in [-0.3, -0.25) is 29.0 Å². The zero-order valence-corrected chi connectivity index (χ0v) is 30.0. The van der Waals surface area contributed by atoms with Gasteiger partial charge in [0.15, 0.2) is 0 Å². The van der Waals surface area contributed by atoms with Gasteiger partial charge in [-0.25, -0.2) is 0 Å². The minimum absolute atomic E-state index is 0.0517. The number of carbonyl (C=O) groups is 4. The van der Waals surface area contributed by atoms with E-state index in [0.29, 0.717) is 78.7 Å². The van der Waals surface area contributed by atoms with Crippen molar-refractivity contribution in [2.45, 2.75) is 45.6 Å². The number of aliphatic carboxylic acids is 1. The highest BCUT2D eigenvalue weighted by Crippen LogP contribution is 2.03. The predicted molar refractivity (Wildman–Crippen MR) is 181 cm³/mol. The van der Waals surface area contributed by atoms with Gasteiger partial charge in [0.25, 0.3) is 0 Å². The first-order chi connectivity index (χ1) is 23.6. The van der Waals surface area contributed by atoms with Gasteiger partial charge in [0.05, 0.1) is 32.9 Å². The number of amides is 3. The van der Waals surface area contributed by atoms with Crippen LogP contribution in [0.4, 0.5) is 0 Å². The molecule has 17 heteroatoms. The fraction of sp³-hybridized carbons (Fsp3) is 0.844. The molecule has 1 aliphatic heterocycles. The van der Waals surface area contributed by atoms with Crippen LogP contribution in [0.2, 0.25) is 0 Å². The highest BCUT2D eigenvalue weighted by molar-refractivity contribution is 5.89. The maximum Gasteiger partial charge on any atom is 0.373 e. The number of carbonyl (C=O) groups excluding carboxylic acids is 5. The number of rotatable bonds is 22. The van der Waals surface area contributed by atoms with E-state index < -0.39 is 12.0 Å². The summed E-state index contributed by atoms with van der Waals surface area (Å²) in [5, 5.41) is 17.9. The lowest BCUT2D eigenvalue weighted by molar-refractivity contribution is -0.191. The molecule has 4 N–H and O–H groups in total. The van der Waals surface area contributed by atoms with Crippen LogP contribution in [0, 0.1) is 0 Å². The Morgan fingerprint density at radius 3 is 1.92 bits per heavy atom. The maximum absolute atomic E-state index is 13.3. The molecule has 284 valence electrons. The number of carboxylic acids is 1. The molecular formula is C32H61N7O10. The van der Waals surface area contributed by atoms with Crippen molar-refractivity contribution in [3.8, 4) is 0 Å². The van der Waals surface area contributed by atoms with E-state index in [9.17, 15) is 24.3 Å². The lowest BCUT2D eigenvalue weighted by atomic mass is 10.1. The molecule has 1 saturated heterocycles. The Balaban J connectivity index is 0.00000738. The molecule has 0 aliphatic carbocycles. The van der Waals surface area contributed by atoms with Crippen molar-refractivity contribution in [1.29, 1.82) is 0 Å². The van der Waals surface area contributed by atoms with Crippen molar-refractivity contribution in [2.24, 2.45) is 0 Å². The largest absolute Gasteiger partial charge is 0.480 e. The van der Waals surface area contributed by atoms with E-state index in [1.54, 1.807) is 7.11 Å². The Morgan fingerprint density at radius 1 is 0.755 bits per heavy atom. The zero-order chi connectivity index (χ0) is 36.7. The van der Waals surface area contributed by atoms with E-state index in [-0.39, 0.29) is 49.8 Å². The maximum atomic E-state index is 13.3. The van der Waals surface area contributed by atoms with Crippen molar-refractivity contribution in [1.82, 2.24) is 35.6 Å². The second kappa shape index (κ2) is 31.0. The van der Waals surface area contributed by atoms with E-state index in [0.717, 1.165) is 39.1 Å². The molecule has 49 heavy (non-hydrogen) atoms. The van der Waals surface area contributed by atoms with Crippen LogP contribution in [0.3, 0.4) is 0 Å². The molecule has 17 nitrogen and oxygen atoms in total. The number of hydrogen-bond acceptors (Lipinski definition) is 13. The van der Waals surface area contributed by atoms with Crippen LogP contribution in [-0.2, 0) is 43.0 Å². The molecule has 0 aromatic heterocycles. The van der Waals surface area contributed by atoms with E-state index in [1.165, 1.54) is 0 Å². The Morgan fingerprint density at radius 2 is 1.33 bits per heavy atom. The molecular weight excluding hydrogens is 642 g/mol. The van der Waals surface area contributed by atoms with Crippen LogP contribution in [0.1, 0.15) is 39.5 Å². The van der Waals surface area contributed by atoms with Gasteiger partial charge in [-0.05, 0) is 32.9 Å². The van der Waals surface area contributed by atoms with Gasteiger partial charge in [-0.15, -0.1) is 0 Å². The Bertz CT molecular complexity index is 940. The van der Waals surface area contributed by atoms with Crippen molar-refractivity contribution in [3.05, 3.63) is 0 Å². The second-order valence-electron chi connectivity index (χ2n) is 11.6. The smallest absolute Gasteiger partial charge is 0.373 e. The van der Waals surface area contributed by atoms with Crippen molar-refractivity contribution < 1.29 is 48.1 Å². The summed E-state index contributed by atoms with van der Waals surface area (Å²) in [6.45, 7) is 13.8. The van der Waals surface area contributed by atoms with E-state index in [1.807, 2.05) is 23.8 Å². The summed E-state index contributed by atoms with van der Waals surface area (Å²) in [5.41, 5.74) is 0. The monoisotopic (exact) mass is 703 g/mol. The summed E-state index contributed by atoms with van der Waals surface area (Å²) < 4.78 is 15.9. The summed E-state index contributed by atoms with van der Waals surface area (Å²) in [7, 11) is 3.59. The molecule has 0 radical (unpaired) electrons. The molecule has 0 saturated carbocycles. The molecule has 1 heterocycles. The first-order valence-corrected chi connectivity index (χ1v) is 17.1. The quantitative estimate of drug-likeness (QED) is 0.0934. The summed E-state index contributed by atoms with van der Waals surface area (Å²) >= 11 is 0. The Labute approximate surface area is 291 Å². The van der Waals surface area contributed by atoms with Crippen LogP contribution in [0.15, 0.2) is 0 Å². The fourth-order valence-electron chi connectivity index (χ4n) is 4.80. The van der Waals surface area contributed by atoms with E-state index >= 15 is 0 Å². The molecule has 0 aromatic rings. The summed E-state index contributed by atoms with van der Waals surface area (Å²) in [5.74, 6) is -1.79. The van der Waals surface area contributed by atoms with Crippen molar-refractivity contribution in [2.75, 3.05) is 132 Å². The lowest BCUT2D eigenvalue weighted by Gasteiger charge is -2.32. The zero-order valence-electron chi connectivity index (χ0n) is 30.0. The summed E-state index contributed by atoms with van der Waals surface area (Å²) in [6, 6.07) is -0.886. The van der Waals surface area contributed by atoms with Crippen LogP contribution in [-0.4, -0.2) is 193 Å². The first kappa shape index (κ1) is 46.0. The molecule has 1 aliphatic rings. The second-order valence-corrected chi connectivity index (χ2v) is 11.6. The third-order valence-corrected chi connectivity index (χ3v) is 7.66. The van der Waals surface area contributed by atoms with Gasteiger partial charge in [0, 0.05) is 92.2 Å². The van der Waals surface area contributed by atoms with Gasteiger partial charge < -0.3 is 45.1 Å². The van der Waals surface area contributed by atoms with Crippen molar-refractivity contribution in [3.63, 3.8) is 0 Å². The highest BCUT2D eigenvalue weighted by Gasteiger charge is 2.24. The van der Waals surface area contributed by atoms with Crippen LogP contribution >= 0.6 is 0 Å². The molecule has 0 spiro atoms. The van der Waals surface area contributed by atoms with Gasteiger partial charge in [-0.2, -0.15) is 9.59 Å². The number of ether oxygens (including phenoxy) is 3. The molecule has 3 amide bonds. The summed E-state index contributed by atoms with van der Waals surface area (Å²) in [4.78, 5) is 75.0. The molecule has 0 aromatic carbocycles. The molecule has 1 atom stereocenters. The van der Waals surface area contributed by atoms with E-state index in [4.69, 9.17) is 23.8 Å². The Kier molecular flexibility index (Phi) is 29.1.